The second kappa shape index (κ2) is 6.02. The molecule has 0 aliphatic carbocycles. The number of nitrogens with zero attached hydrogens (tertiary/aromatic N) is 4. The average Bonchev–Trinajstić information content (AvgIpc) is 3.06. The number of rotatable bonds is 5. The van der Waals surface area contributed by atoms with Crippen molar-refractivity contribution < 1.29 is 9.47 Å². The zero-order valence-corrected chi connectivity index (χ0v) is 13.2. The molecule has 0 bridgehead atoms. The molecule has 0 unspecified atom stereocenters. The summed E-state index contributed by atoms with van der Waals surface area (Å²) in [5.74, 6) is 0.960. The highest BCUT2D eigenvalue weighted by molar-refractivity contribution is 5.36. The van der Waals surface area contributed by atoms with Gasteiger partial charge in [0.2, 0.25) is 0 Å². The Labute approximate surface area is 129 Å². The van der Waals surface area contributed by atoms with Crippen LogP contribution in [-0.2, 0) is 9.47 Å². The van der Waals surface area contributed by atoms with Crippen LogP contribution in [0, 0.1) is 13.8 Å². The van der Waals surface area contributed by atoms with E-state index in [2.05, 4.69) is 20.6 Å². The Balaban J connectivity index is 1.59. The SMILES string of the molecule is Cc1cc(C)n(-c2ccc(NCCC3(C)OCCO3)nn2)n1. The molecule has 2 aromatic heterocycles. The predicted octanol–water partition coefficient (Wildman–Crippen LogP) is 1.84. The molecule has 1 aliphatic rings. The monoisotopic (exact) mass is 303 g/mol. The maximum Gasteiger partial charge on any atom is 0.176 e. The minimum Gasteiger partial charge on any atom is -0.368 e. The number of aromatic nitrogens is 4. The molecule has 1 N–H and O–H groups in total. The Kier molecular flexibility index (Phi) is 4.08. The summed E-state index contributed by atoms with van der Waals surface area (Å²) < 4.78 is 12.9. The van der Waals surface area contributed by atoms with Crippen LogP contribution in [-0.4, -0.2) is 45.5 Å². The number of hydrogen-bond donors (Lipinski definition) is 1. The van der Waals surface area contributed by atoms with Gasteiger partial charge < -0.3 is 14.8 Å². The molecule has 7 heteroatoms. The van der Waals surface area contributed by atoms with Crippen molar-refractivity contribution >= 4 is 5.82 Å². The quantitative estimate of drug-likeness (QED) is 0.908. The lowest BCUT2D eigenvalue weighted by Gasteiger charge is -2.22. The third kappa shape index (κ3) is 3.26. The molecule has 0 spiro atoms. The lowest BCUT2D eigenvalue weighted by Crippen LogP contribution is -2.28. The third-order valence-electron chi connectivity index (χ3n) is 3.66. The molecule has 2 aromatic rings. The largest absolute Gasteiger partial charge is 0.368 e. The van der Waals surface area contributed by atoms with E-state index >= 15 is 0 Å². The van der Waals surface area contributed by atoms with Crippen LogP contribution in [0.5, 0.6) is 0 Å². The van der Waals surface area contributed by atoms with Crippen molar-refractivity contribution in [1.82, 2.24) is 20.0 Å². The van der Waals surface area contributed by atoms with Crippen molar-refractivity contribution in [2.24, 2.45) is 0 Å². The molecule has 7 nitrogen and oxygen atoms in total. The van der Waals surface area contributed by atoms with Crippen LogP contribution in [0.1, 0.15) is 24.7 Å². The highest BCUT2D eigenvalue weighted by Crippen LogP contribution is 2.22. The highest BCUT2D eigenvalue weighted by Gasteiger charge is 2.30. The van der Waals surface area contributed by atoms with E-state index in [1.165, 1.54) is 0 Å². The summed E-state index contributed by atoms with van der Waals surface area (Å²) in [5.41, 5.74) is 2.00. The maximum absolute atomic E-state index is 5.56. The minimum absolute atomic E-state index is 0.482. The van der Waals surface area contributed by atoms with E-state index in [1.54, 1.807) is 4.68 Å². The van der Waals surface area contributed by atoms with Crippen LogP contribution in [0.2, 0.25) is 0 Å². The number of anilines is 1. The van der Waals surface area contributed by atoms with Gasteiger partial charge in [-0.05, 0) is 39.0 Å². The van der Waals surface area contributed by atoms with Gasteiger partial charge in [-0.15, -0.1) is 10.2 Å². The Bertz CT molecular complexity index is 632. The van der Waals surface area contributed by atoms with E-state index in [0.29, 0.717) is 25.6 Å². The van der Waals surface area contributed by atoms with Gasteiger partial charge in [-0.3, -0.25) is 0 Å². The molecule has 0 saturated carbocycles. The highest BCUT2D eigenvalue weighted by atomic mass is 16.7. The topological polar surface area (TPSA) is 74.1 Å². The molecule has 22 heavy (non-hydrogen) atoms. The van der Waals surface area contributed by atoms with Gasteiger partial charge in [-0.2, -0.15) is 5.10 Å². The predicted molar refractivity (Wildman–Crippen MR) is 82.0 cm³/mol. The Morgan fingerprint density at radius 2 is 2.00 bits per heavy atom. The molecule has 1 aliphatic heterocycles. The molecule has 1 saturated heterocycles. The van der Waals surface area contributed by atoms with Gasteiger partial charge in [0.05, 0.1) is 18.9 Å². The van der Waals surface area contributed by atoms with Crippen molar-refractivity contribution in [3.8, 4) is 5.82 Å². The molecular formula is C15H21N5O2. The molecular weight excluding hydrogens is 282 g/mol. The van der Waals surface area contributed by atoms with E-state index in [9.17, 15) is 0 Å². The first kappa shape index (κ1) is 14.9. The second-order valence-corrected chi connectivity index (χ2v) is 5.62. The summed E-state index contributed by atoms with van der Waals surface area (Å²) in [4.78, 5) is 0. The van der Waals surface area contributed by atoms with Crippen LogP contribution in [0.25, 0.3) is 5.82 Å². The summed E-state index contributed by atoms with van der Waals surface area (Å²) in [7, 11) is 0. The second-order valence-electron chi connectivity index (χ2n) is 5.62. The zero-order valence-electron chi connectivity index (χ0n) is 13.2. The van der Waals surface area contributed by atoms with E-state index in [4.69, 9.17) is 9.47 Å². The van der Waals surface area contributed by atoms with E-state index in [1.807, 2.05) is 39.0 Å². The van der Waals surface area contributed by atoms with Crippen molar-refractivity contribution in [2.45, 2.75) is 33.0 Å². The van der Waals surface area contributed by atoms with Crippen LogP contribution >= 0.6 is 0 Å². The van der Waals surface area contributed by atoms with Crippen molar-refractivity contribution in [1.29, 1.82) is 0 Å². The first-order valence-electron chi connectivity index (χ1n) is 7.45. The molecule has 118 valence electrons. The fourth-order valence-electron chi connectivity index (χ4n) is 2.51. The van der Waals surface area contributed by atoms with Gasteiger partial charge in [0, 0.05) is 18.7 Å². The molecule has 0 aromatic carbocycles. The van der Waals surface area contributed by atoms with Crippen LogP contribution in [0.15, 0.2) is 18.2 Å². The number of nitrogens with one attached hydrogen (secondary N) is 1. The maximum atomic E-state index is 5.56. The molecule has 0 atom stereocenters. The summed E-state index contributed by atoms with van der Waals surface area (Å²) >= 11 is 0. The minimum atomic E-state index is -0.482. The summed E-state index contributed by atoms with van der Waals surface area (Å²) in [5, 5.41) is 16.0. The summed E-state index contributed by atoms with van der Waals surface area (Å²) in [6.45, 7) is 7.95. The fraction of sp³-hybridized carbons (Fsp3) is 0.533. The van der Waals surface area contributed by atoms with Crippen molar-refractivity contribution in [3.63, 3.8) is 0 Å². The first-order valence-corrected chi connectivity index (χ1v) is 7.45. The zero-order chi connectivity index (χ0) is 15.6. The average molecular weight is 303 g/mol. The third-order valence-corrected chi connectivity index (χ3v) is 3.66. The molecule has 1 fully saturated rings. The van der Waals surface area contributed by atoms with E-state index < -0.39 is 5.79 Å². The lowest BCUT2D eigenvalue weighted by molar-refractivity contribution is -0.144. The number of hydrogen-bond acceptors (Lipinski definition) is 6. The Morgan fingerprint density at radius 1 is 1.23 bits per heavy atom. The van der Waals surface area contributed by atoms with Crippen molar-refractivity contribution in [2.75, 3.05) is 25.1 Å². The summed E-state index contributed by atoms with van der Waals surface area (Å²) in [6, 6.07) is 5.81. The normalized spacial score (nSPS) is 16.9. The van der Waals surface area contributed by atoms with Gasteiger partial charge in [-0.25, -0.2) is 4.68 Å². The first-order chi connectivity index (χ1) is 10.6. The molecule has 0 radical (unpaired) electrons. The van der Waals surface area contributed by atoms with Crippen LogP contribution in [0.3, 0.4) is 0 Å². The van der Waals surface area contributed by atoms with Gasteiger partial charge in [0.25, 0.3) is 0 Å². The number of ether oxygens (including phenoxy) is 2. The van der Waals surface area contributed by atoms with Crippen molar-refractivity contribution in [3.05, 3.63) is 29.6 Å². The summed E-state index contributed by atoms with van der Waals surface area (Å²) in [6.07, 6.45) is 0.758. The Hall–Kier alpha value is -1.99. The van der Waals surface area contributed by atoms with E-state index in [0.717, 1.165) is 23.6 Å². The van der Waals surface area contributed by atoms with Crippen LogP contribution in [0.4, 0.5) is 5.82 Å². The van der Waals surface area contributed by atoms with Gasteiger partial charge in [0.1, 0.15) is 5.82 Å². The lowest BCUT2D eigenvalue weighted by atomic mass is 10.2. The number of aryl methyl sites for hydroxylation is 2. The standard InChI is InChI=1S/C15H21N5O2/c1-11-10-12(2)20(19-11)14-5-4-13(17-18-14)16-7-6-15(3)21-8-9-22-15/h4-5,10H,6-9H2,1-3H3,(H,16,17). The van der Waals surface area contributed by atoms with E-state index in [-0.39, 0.29) is 0 Å². The molecule has 3 heterocycles. The van der Waals surface area contributed by atoms with Gasteiger partial charge in [0.15, 0.2) is 11.6 Å². The molecule has 3 rings (SSSR count). The van der Waals surface area contributed by atoms with Gasteiger partial charge in [-0.1, -0.05) is 0 Å². The van der Waals surface area contributed by atoms with Crippen LogP contribution < -0.4 is 5.32 Å². The molecule has 0 amide bonds. The smallest absolute Gasteiger partial charge is 0.176 e. The van der Waals surface area contributed by atoms with Gasteiger partial charge >= 0.3 is 0 Å². The fourth-order valence-corrected chi connectivity index (χ4v) is 2.51. The Morgan fingerprint density at radius 3 is 2.59 bits per heavy atom.